The Labute approximate surface area is 108 Å². The molecule has 0 bridgehead atoms. The molecule has 0 aliphatic carbocycles. The average Bonchev–Trinajstić information content (AvgIpc) is 2.57. The number of carbonyl (C=O) groups is 2. The van der Waals surface area contributed by atoms with Crippen LogP contribution in [0.5, 0.6) is 0 Å². The van der Waals surface area contributed by atoms with Gasteiger partial charge in [-0.25, -0.2) is 4.79 Å². The first kappa shape index (κ1) is 16.7. The minimum Gasteiger partial charge on any atom is -0.480 e. The monoisotopic (exact) mass is 259 g/mol. The van der Waals surface area contributed by atoms with Crippen molar-refractivity contribution in [2.75, 3.05) is 13.1 Å². The number of amides is 2. The number of likely N-dealkylation sites (tertiary alicyclic amines) is 1. The van der Waals surface area contributed by atoms with Crippen molar-refractivity contribution >= 4 is 12.0 Å². The van der Waals surface area contributed by atoms with Crippen LogP contribution in [0.2, 0.25) is 0 Å². The Bertz CT molecular complexity index is 261. The molecule has 1 aliphatic heterocycles. The largest absolute Gasteiger partial charge is 0.480 e. The average molecular weight is 259 g/mol. The Morgan fingerprint density at radius 1 is 1.11 bits per heavy atom. The maximum absolute atomic E-state index is 10.7. The molecule has 106 valence electrons. The molecule has 1 atom stereocenters. The molecule has 6 heteroatoms. The van der Waals surface area contributed by atoms with Crippen molar-refractivity contribution in [2.24, 2.45) is 17.4 Å². The number of nitrogens with zero attached hydrogens (tertiary/aromatic N) is 1. The summed E-state index contributed by atoms with van der Waals surface area (Å²) in [6, 6.07) is -0.975. The van der Waals surface area contributed by atoms with Gasteiger partial charge in [0.1, 0.15) is 6.04 Å². The summed E-state index contributed by atoms with van der Waals surface area (Å²) < 4.78 is 0. The number of aliphatic carboxylic acids is 1. The van der Waals surface area contributed by atoms with Crippen LogP contribution in [-0.4, -0.2) is 41.1 Å². The maximum atomic E-state index is 10.7. The highest BCUT2D eigenvalue weighted by atomic mass is 16.4. The number of urea groups is 1. The molecule has 1 fully saturated rings. The fraction of sp³-hybridized carbons (Fsp3) is 0.833. The van der Waals surface area contributed by atoms with Crippen LogP contribution in [0.15, 0.2) is 0 Å². The van der Waals surface area contributed by atoms with E-state index < -0.39 is 12.0 Å². The van der Waals surface area contributed by atoms with Gasteiger partial charge in [-0.3, -0.25) is 4.79 Å². The van der Waals surface area contributed by atoms with Gasteiger partial charge in [0.05, 0.1) is 0 Å². The van der Waals surface area contributed by atoms with Gasteiger partial charge in [0, 0.05) is 13.1 Å². The van der Waals surface area contributed by atoms with Crippen LogP contribution in [0, 0.1) is 5.92 Å². The number of carbonyl (C=O) groups excluding carboxylic acids is 1. The van der Waals surface area contributed by atoms with E-state index in [-0.39, 0.29) is 11.9 Å². The van der Waals surface area contributed by atoms with Gasteiger partial charge in [0.2, 0.25) is 0 Å². The third-order valence-electron chi connectivity index (χ3n) is 2.92. The predicted octanol–water partition coefficient (Wildman–Crippen LogP) is 0.995. The number of hydrogen-bond acceptors (Lipinski definition) is 3. The Kier molecular flexibility index (Phi) is 8.11. The second kappa shape index (κ2) is 8.74. The van der Waals surface area contributed by atoms with Gasteiger partial charge >= 0.3 is 12.0 Å². The Hall–Kier alpha value is -1.30. The fourth-order valence-corrected chi connectivity index (χ4v) is 1.58. The first-order chi connectivity index (χ1) is 8.36. The third kappa shape index (κ3) is 7.11. The van der Waals surface area contributed by atoms with Gasteiger partial charge in [-0.1, -0.05) is 26.7 Å². The minimum atomic E-state index is -0.931. The molecule has 0 aromatic heterocycles. The van der Waals surface area contributed by atoms with Crippen LogP contribution in [0.1, 0.15) is 39.5 Å². The standard InChI is InChI=1S/C7H14N2O.C5H11NO2/c8-7(10)9-5-3-1-2-4-6-9;1-3(2)4(6)5(7)8/h1-6H2,(H2,8,10);3-4H,6H2,1-2H3,(H,7,8)/t;4-/m.0/s1. The lowest BCUT2D eigenvalue weighted by Crippen LogP contribution is -2.36. The maximum Gasteiger partial charge on any atom is 0.320 e. The number of primary amides is 1. The van der Waals surface area contributed by atoms with E-state index in [1.165, 1.54) is 12.8 Å². The molecule has 18 heavy (non-hydrogen) atoms. The van der Waals surface area contributed by atoms with E-state index in [1.807, 2.05) is 0 Å². The van der Waals surface area contributed by atoms with Gasteiger partial charge in [0.15, 0.2) is 0 Å². The molecule has 5 N–H and O–H groups in total. The lowest BCUT2D eigenvalue weighted by atomic mass is 10.1. The van der Waals surface area contributed by atoms with E-state index in [0.717, 1.165) is 25.9 Å². The van der Waals surface area contributed by atoms with Crippen molar-refractivity contribution in [1.29, 1.82) is 0 Å². The van der Waals surface area contributed by atoms with Crippen molar-refractivity contribution in [1.82, 2.24) is 4.90 Å². The second-order valence-corrected chi connectivity index (χ2v) is 4.85. The van der Waals surface area contributed by atoms with E-state index in [1.54, 1.807) is 18.7 Å². The highest BCUT2D eigenvalue weighted by Gasteiger charge is 2.14. The zero-order chi connectivity index (χ0) is 14.1. The number of nitrogens with two attached hydrogens (primary N) is 2. The quantitative estimate of drug-likeness (QED) is 0.687. The molecule has 0 aromatic carbocycles. The molecule has 0 unspecified atom stereocenters. The molecular formula is C12H25N3O3. The number of carboxylic acid groups (broad SMARTS) is 1. The Morgan fingerprint density at radius 3 is 1.78 bits per heavy atom. The highest BCUT2D eigenvalue weighted by molar-refractivity contribution is 5.73. The van der Waals surface area contributed by atoms with Crippen LogP contribution in [0.4, 0.5) is 4.79 Å². The zero-order valence-electron chi connectivity index (χ0n) is 11.3. The van der Waals surface area contributed by atoms with Crippen LogP contribution in [0.3, 0.4) is 0 Å². The summed E-state index contributed by atoms with van der Waals surface area (Å²) >= 11 is 0. The second-order valence-electron chi connectivity index (χ2n) is 4.85. The number of carboxylic acids is 1. The van der Waals surface area contributed by atoms with E-state index >= 15 is 0 Å². The zero-order valence-corrected chi connectivity index (χ0v) is 11.3. The molecule has 0 spiro atoms. The lowest BCUT2D eigenvalue weighted by molar-refractivity contribution is -0.139. The molecular weight excluding hydrogens is 234 g/mol. The van der Waals surface area contributed by atoms with E-state index in [4.69, 9.17) is 16.6 Å². The Balaban J connectivity index is 0.000000331. The molecule has 1 saturated heterocycles. The number of hydrogen-bond donors (Lipinski definition) is 3. The van der Waals surface area contributed by atoms with E-state index in [2.05, 4.69) is 0 Å². The van der Waals surface area contributed by atoms with Crippen molar-refractivity contribution < 1.29 is 14.7 Å². The summed E-state index contributed by atoms with van der Waals surface area (Å²) in [7, 11) is 0. The summed E-state index contributed by atoms with van der Waals surface area (Å²) in [4.78, 5) is 22.4. The smallest absolute Gasteiger partial charge is 0.320 e. The molecule has 1 heterocycles. The first-order valence-electron chi connectivity index (χ1n) is 6.39. The molecule has 1 rings (SSSR count). The van der Waals surface area contributed by atoms with E-state index in [0.29, 0.717) is 0 Å². The molecule has 0 aromatic rings. The summed E-state index contributed by atoms with van der Waals surface area (Å²) in [6.45, 7) is 5.27. The highest BCUT2D eigenvalue weighted by Crippen LogP contribution is 2.08. The van der Waals surface area contributed by atoms with E-state index in [9.17, 15) is 9.59 Å². The topological polar surface area (TPSA) is 110 Å². The molecule has 0 saturated carbocycles. The SMILES string of the molecule is CC(C)[C@H](N)C(=O)O.NC(=O)N1CCCCCC1. The third-order valence-corrected chi connectivity index (χ3v) is 2.92. The Morgan fingerprint density at radius 2 is 1.56 bits per heavy atom. The summed E-state index contributed by atoms with van der Waals surface area (Å²) in [5.41, 5.74) is 10.3. The van der Waals surface area contributed by atoms with Crippen molar-refractivity contribution in [3.8, 4) is 0 Å². The summed E-state index contributed by atoms with van der Waals surface area (Å²) in [5.74, 6) is -0.910. The summed E-state index contributed by atoms with van der Waals surface area (Å²) in [5, 5.41) is 8.23. The molecule has 0 radical (unpaired) electrons. The number of rotatable bonds is 2. The predicted molar refractivity (Wildman–Crippen MR) is 70.1 cm³/mol. The van der Waals surface area contributed by atoms with Gasteiger partial charge in [-0.15, -0.1) is 0 Å². The van der Waals surface area contributed by atoms with Gasteiger partial charge in [0.25, 0.3) is 0 Å². The molecule has 2 amide bonds. The van der Waals surface area contributed by atoms with Crippen LogP contribution < -0.4 is 11.5 Å². The van der Waals surface area contributed by atoms with Crippen molar-refractivity contribution in [3.05, 3.63) is 0 Å². The van der Waals surface area contributed by atoms with Crippen LogP contribution in [0.25, 0.3) is 0 Å². The summed E-state index contributed by atoms with van der Waals surface area (Å²) in [6.07, 6.45) is 4.71. The lowest BCUT2D eigenvalue weighted by Gasteiger charge is -2.16. The van der Waals surface area contributed by atoms with Crippen LogP contribution in [-0.2, 0) is 4.79 Å². The fourth-order valence-electron chi connectivity index (χ4n) is 1.58. The van der Waals surface area contributed by atoms with Crippen molar-refractivity contribution in [2.45, 2.75) is 45.6 Å². The first-order valence-corrected chi connectivity index (χ1v) is 6.39. The normalized spacial score (nSPS) is 17.4. The van der Waals surface area contributed by atoms with Gasteiger partial charge in [-0.05, 0) is 18.8 Å². The van der Waals surface area contributed by atoms with Crippen molar-refractivity contribution in [3.63, 3.8) is 0 Å². The van der Waals surface area contributed by atoms with Gasteiger partial charge in [-0.2, -0.15) is 0 Å². The molecule has 1 aliphatic rings. The van der Waals surface area contributed by atoms with Gasteiger partial charge < -0.3 is 21.5 Å². The minimum absolute atomic E-state index is 0.0208. The molecule has 6 nitrogen and oxygen atoms in total. The van der Waals surface area contributed by atoms with Crippen LogP contribution >= 0.6 is 0 Å².